The zero-order valence-corrected chi connectivity index (χ0v) is 37.2. The number of thiazole rings is 1. The number of carbonyl (C=O) groups excluding carboxylic acids is 5. The highest BCUT2D eigenvalue weighted by Crippen LogP contribution is 2.41. The van der Waals surface area contributed by atoms with Gasteiger partial charge in [-0.2, -0.15) is 0 Å². The molecular weight excluding hydrogens is 858 g/mol. The van der Waals surface area contributed by atoms with Crippen molar-refractivity contribution in [2.75, 3.05) is 30.7 Å². The van der Waals surface area contributed by atoms with Crippen molar-refractivity contribution in [3.63, 3.8) is 0 Å². The Kier molecular flexibility index (Phi) is 14.6. The Morgan fingerprint density at radius 3 is 2.18 bits per heavy atom. The molecule has 1 saturated heterocycles. The number of aromatic nitrogens is 1. The predicted octanol–water partition coefficient (Wildman–Crippen LogP) is 7.01. The number of nitrogens with zero attached hydrogens (tertiary/aromatic N) is 3. The van der Waals surface area contributed by atoms with E-state index in [1.165, 1.54) is 35.9 Å². The first-order valence-corrected chi connectivity index (χ1v) is 21.9. The number of nitrogens with one attached hydrogen (secondary N) is 2. The number of fused-ring (bicyclic) bond motifs is 1. The Morgan fingerprint density at radius 1 is 0.935 bits per heavy atom. The van der Waals surface area contributed by atoms with Crippen molar-refractivity contribution < 1.29 is 47.8 Å². The molecule has 6 rings (SSSR count). The van der Waals surface area contributed by atoms with Gasteiger partial charge in [-0.05, 0) is 69.0 Å². The number of anilines is 1. The van der Waals surface area contributed by atoms with Gasteiger partial charge in [-0.1, -0.05) is 78.0 Å². The van der Waals surface area contributed by atoms with Crippen molar-refractivity contribution in [2.45, 2.75) is 69.8 Å². The maximum absolute atomic E-state index is 14.1. The summed E-state index contributed by atoms with van der Waals surface area (Å²) in [5, 5.41) is 10.2. The third-order valence-corrected chi connectivity index (χ3v) is 11.8. The molecule has 0 radical (unpaired) electrons. The van der Waals surface area contributed by atoms with Gasteiger partial charge in [0.15, 0.2) is 10.8 Å². The lowest BCUT2D eigenvalue weighted by Crippen LogP contribution is -2.71. The molecule has 2 aliphatic heterocycles. The van der Waals surface area contributed by atoms with Crippen LogP contribution < -0.4 is 15.4 Å². The van der Waals surface area contributed by atoms with Crippen molar-refractivity contribution in [3.05, 3.63) is 124 Å². The second-order valence-electron chi connectivity index (χ2n) is 15.5. The minimum atomic E-state index is -1.72. The Labute approximate surface area is 372 Å². The monoisotopic (exact) mass is 903 g/mol. The second kappa shape index (κ2) is 19.9. The van der Waals surface area contributed by atoms with Crippen LogP contribution in [-0.4, -0.2) is 93.4 Å². The second-order valence-corrected chi connectivity index (χ2v) is 17.8. The van der Waals surface area contributed by atoms with Crippen LogP contribution in [0.3, 0.4) is 0 Å². The van der Waals surface area contributed by atoms with Gasteiger partial charge >= 0.3 is 18.0 Å². The summed E-state index contributed by atoms with van der Waals surface area (Å²) in [7, 11) is 1.55. The standard InChI is InChI=1S/C44H46ClN5O10S2/c1-43(2,3)59-42(55)48-41-46-32(25-62-41)33(49-60-44(4,5)40(54)58-23-31(27-13-9-7-10-14-27)28-15-11-8-12-16-28)36(51)47-34-37(52)50-35(29(21-45)24-61-38(34)50)39(53)57-22-26-17-19-30(56-6)20-18-26/h7-20,25,31,34,38H,21-24H2,1-6H3,(H,47,51)(H,46,48,55)/t34-,38+/m1/s1. The van der Waals surface area contributed by atoms with E-state index in [2.05, 4.69) is 20.8 Å². The van der Waals surface area contributed by atoms with Gasteiger partial charge in [0.25, 0.3) is 11.8 Å². The number of alkyl halides is 1. The number of hydrogen-bond acceptors (Lipinski definition) is 14. The fourth-order valence-electron chi connectivity index (χ4n) is 6.24. The number of oxime groups is 1. The highest BCUT2D eigenvalue weighted by atomic mass is 35.5. The molecule has 1 fully saturated rings. The van der Waals surface area contributed by atoms with Gasteiger partial charge in [-0.15, -0.1) is 34.7 Å². The summed E-state index contributed by atoms with van der Waals surface area (Å²) in [5.41, 5.74) is 0.142. The van der Waals surface area contributed by atoms with E-state index in [0.717, 1.165) is 22.5 Å². The normalized spacial score (nSPS) is 16.5. The zero-order chi connectivity index (χ0) is 44.6. The van der Waals surface area contributed by atoms with Gasteiger partial charge in [0.05, 0.1) is 7.11 Å². The average molecular weight is 904 g/mol. The van der Waals surface area contributed by atoms with Crippen LogP contribution in [-0.2, 0) is 44.8 Å². The SMILES string of the molecule is COc1ccc(COC(=O)C2=C(CCl)CS[C@H]3[C@H](NC(=O)C(=NOC(C)(C)C(=O)OCC(c4ccccc4)c4ccccc4)c4csc(NC(=O)OC(C)(C)C)n4)C(=O)N23)cc1. The molecule has 18 heteroatoms. The molecule has 2 N–H and O–H groups in total. The summed E-state index contributed by atoms with van der Waals surface area (Å²) in [5.74, 6) is -2.35. The van der Waals surface area contributed by atoms with Crippen molar-refractivity contribution >= 4 is 75.4 Å². The maximum Gasteiger partial charge on any atom is 0.413 e. The summed E-state index contributed by atoms with van der Waals surface area (Å²) in [6, 6.07) is 25.1. The quantitative estimate of drug-likeness (QED) is 0.0293. The molecule has 0 unspecified atom stereocenters. The lowest BCUT2D eigenvalue weighted by Gasteiger charge is -2.49. The minimum Gasteiger partial charge on any atom is -0.497 e. The number of methoxy groups -OCH3 is 1. The van der Waals surface area contributed by atoms with Gasteiger partial charge in [-0.3, -0.25) is 19.8 Å². The number of amides is 3. The van der Waals surface area contributed by atoms with E-state index >= 15 is 0 Å². The van der Waals surface area contributed by atoms with Crippen LogP contribution in [0, 0.1) is 0 Å². The zero-order valence-electron chi connectivity index (χ0n) is 34.8. The van der Waals surface area contributed by atoms with E-state index < -0.39 is 58.2 Å². The summed E-state index contributed by atoms with van der Waals surface area (Å²) < 4.78 is 21.9. The van der Waals surface area contributed by atoms with Crippen molar-refractivity contribution in [3.8, 4) is 5.75 Å². The summed E-state index contributed by atoms with van der Waals surface area (Å²) in [6.45, 7) is 7.91. The molecule has 0 bridgehead atoms. The molecule has 2 atom stereocenters. The third-order valence-electron chi connectivity index (χ3n) is 9.43. The van der Waals surface area contributed by atoms with Crippen LogP contribution in [0.5, 0.6) is 5.75 Å². The topological polar surface area (TPSA) is 184 Å². The van der Waals surface area contributed by atoms with Crippen LogP contribution in [0.4, 0.5) is 9.93 Å². The molecule has 4 aromatic rings. The van der Waals surface area contributed by atoms with E-state index in [1.807, 2.05) is 60.7 Å². The number of thioether (sulfide) groups is 1. The number of carbonyl (C=O) groups is 5. The first-order chi connectivity index (χ1) is 29.6. The van der Waals surface area contributed by atoms with Gasteiger partial charge in [0.1, 0.15) is 47.4 Å². The van der Waals surface area contributed by atoms with E-state index in [4.69, 9.17) is 35.4 Å². The molecule has 0 saturated carbocycles. The van der Waals surface area contributed by atoms with Gasteiger partial charge in [-0.25, -0.2) is 19.4 Å². The van der Waals surface area contributed by atoms with Gasteiger partial charge in [0.2, 0.25) is 5.60 Å². The molecule has 1 aromatic heterocycles. The molecule has 0 aliphatic carbocycles. The highest BCUT2D eigenvalue weighted by Gasteiger charge is 2.54. The Balaban J connectivity index is 1.19. The molecule has 3 heterocycles. The predicted molar refractivity (Wildman–Crippen MR) is 235 cm³/mol. The van der Waals surface area contributed by atoms with E-state index in [0.29, 0.717) is 22.6 Å². The van der Waals surface area contributed by atoms with Crippen molar-refractivity contribution in [1.82, 2.24) is 15.2 Å². The number of esters is 2. The third kappa shape index (κ3) is 11.1. The highest BCUT2D eigenvalue weighted by molar-refractivity contribution is 8.00. The van der Waals surface area contributed by atoms with Crippen LogP contribution in [0.25, 0.3) is 0 Å². The summed E-state index contributed by atoms with van der Waals surface area (Å²) in [4.78, 5) is 78.9. The van der Waals surface area contributed by atoms with Crippen LogP contribution in [0.2, 0.25) is 0 Å². The van der Waals surface area contributed by atoms with Crippen LogP contribution in [0.1, 0.15) is 62.9 Å². The molecule has 62 heavy (non-hydrogen) atoms. The Morgan fingerprint density at radius 2 is 1.58 bits per heavy atom. The van der Waals surface area contributed by atoms with Gasteiger partial charge < -0.3 is 29.1 Å². The molecular formula is C44H46ClN5O10S2. The number of hydrogen-bond donors (Lipinski definition) is 2. The fraction of sp³-hybridized carbons (Fsp3) is 0.341. The number of halogens is 1. The lowest BCUT2D eigenvalue weighted by atomic mass is 9.92. The minimum absolute atomic E-state index is 0.0152. The molecule has 2 aliphatic rings. The lowest BCUT2D eigenvalue weighted by molar-refractivity contribution is -0.168. The number of ether oxygens (including phenoxy) is 4. The van der Waals surface area contributed by atoms with E-state index in [9.17, 15) is 24.0 Å². The first-order valence-electron chi connectivity index (χ1n) is 19.4. The van der Waals surface area contributed by atoms with Crippen LogP contribution in [0.15, 0.2) is 107 Å². The smallest absolute Gasteiger partial charge is 0.413 e. The molecule has 3 amide bonds. The van der Waals surface area contributed by atoms with Crippen molar-refractivity contribution in [1.29, 1.82) is 0 Å². The Hall–Kier alpha value is -5.91. The van der Waals surface area contributed by atoms with Crippen molar-refractivity contribution in [2.24, 2.45) is 5.16 Å². The molecule has 3 aromatic carbocycles. The molecule has 0 spiro atoms. The number of benzene rings is 3. The number of rotatable bonds is 16. The van der Waals surface area contributed by atoms with Gasteiger partial charge in [0, 0.05) is 22.9 Å². The molecule has 15 nitrogen and oxygen atoms in total. The fourth-order valence-corrected chi connectivity index (χ4v) is 8.60. The maximum atomic E-state index is 14.1. The first kappa shape index (κ1) is 45.6. The largest absolute Gasteiger partial charge is 0.497 e. The van der Waals surface area contributed by atoms with E-state index in [-0.39, 0.29) is 41.5 Å². The number of β-lactam (4-membered cyclic amide) rings is 1. The summed E-state index contributed by atoms with van der Waals surface area (Å²) in [6.07, 6.45) is -0.775. The molecule has 326 valence electrons. The average Bonchev–Trinajstić information content (AvgIpc) is 3.71. The van der Waals surface area contributed by atoms with E-state index in [1.54, 1.807) is 52.1 Å². The van der Waals surface area contributed by atoms with Crippen LogP contribution >= 0.6 is 34.7 Å². The summed E-state index contributed by atoms with van der Waals surface area (Å²) >= 11 is 8.52. The Bertz CT molecular complexity index is 2290.